The van der Waals surface area contributed by atoms with E-state index < -0.39 is 62.7 Å². The van der Waals surface area contributed by atoms with Gasteiger partial charge in [-0.1, -0.05) is 32.4 Å². The van der Waals surface area contributed by atoms with Gasteiger partial charge in [0.1, 0.15) is 23.1 Å². The first-order valence-corrected chi connectivity index (χ1v) is 14.4. The van der Waals surface area contributed by atoms with Crippen molar-refractivity contribution >= 4 is 23.3 Å². The average Bonchev–Trinajstić information content (AvgIpc) is 3.01. The summed E-state index contributed by atoms with van der Waals surface area (Å²) in [6, 6.07) is 0. The average molecular weight is 577 g/mol. The van der Waals surface area contributed by atoms with Gasteiger partial charge in [-0.25, -0.2) is 0 Å². The molecule has 41 heavy (non-hydrogen) atoms. The number of esters is 1. The summed E-state index contributed by atoms with van der Waals surface area (Å²) in [5.41, 5.74) is -5.43. The number of hydrogen-bond acceptors (Lipinski definition) is 8. The summed E-state index contributed by atoms with van der Waals surface area (Å²) in [5, 5.41) is 34.0. The van der Waals surface area contributed by atoms with Gasteiger partial charge in [-0.15, -0.1) is 0 Å². The molecule has 9 atom stereocenters. The zero-order valence-corrected chi connectivity index (χ0v) is 25.8. The molecule has 0 radical (unpaired) electrons. The highest BCUT2D eigenvalue weighted by molar-refractivity contribution is 5.98. The van der Waals surface area contributed by atoms with E-state index in [1.54, 1.807) is 13.8 Å². The molecule has 9 nitrogen and oxygen atoms in total. The number of carbonyl (C=O) groups is 4. The van der Waals surface area contributed by atoms with Gasteiger partial charge in [-0.05, 0) is 88.7 Å². The van der Waals surface area contributed by atoms with E-state index in [9.17, 15) is 34.5 Å². The van der Waals surface area contributed by atoms with E-state index >= 15 is 0 Å². The quantitative estimate of drug-likeness (QED) is 0.255. The van der Waals surface area contributed by atoms with Crippen LogP contribution in [0.15, 0.2) is 23.8 Å². The number of rotatable bonds is 5. The van der Waals surface area contributed by atoms with Crippen molar-refractivity contribution in [2.24, 2.45) is 39.4 Å². The third kappa shape index (κ3) is 4.58. The highest BCUT2D eigenvalue weighted by atomic mass is 16.6. The third-order valence-corrected chi connectivity index (χ3v) is 11.5. The standard InChI is InChI=1S/C32H46O8.H2O/c1-17(33)40-27(2,3)13-12-23(36)32(9,39)25-21(35)15-29(6)22-11-10-18-19(14-20(34)26(38)28(18,4)5)31(22,8)24(37)16-30(25,29)7;/h10,12-13,19-22,25,34-35,39H,11,14-16H2,1-9H3;1H2/b13-12+;/t19-,20+,21-,22+,25+,29+,30-,31+,32+;/m1./s1. The van der Waals surface area contributed by atoms with Crippen LogP contribution >= 0.6 is 0 Å². The summed E-state index contributed by atoms with van der Waals surface area (Å²) in [5.74, 6) is -2.85. The summed E-state index contributed by atoms with van der Waals surface area (Å²) >= 11 is 0. The summed E-state index contributed by atoms with van der Waals surface area (Å²) in [6.45, 7) is 15.4. The Balaban J connectivity index is 0.00000462. The molecule has 4 aliphatic carbocycles. The molecule has 230 valence electrons. The lowest BCUT2D eigenvalue weighted by Crippen LogP contribution is -2.65. The predicted octanol–water partition coefficient (Wildman–Crippen LogP) is 2.67. The zero-order chi connectivity index (χ0) is 30.4. The number of ketones is 3. The second-order valence-corrected chi connectivity index (χ2v) is 14.8. The van der Waals surface area contributed by atoms with Crippen molar-refractivity contribution in [2.45, 2.75) is 111 Å². The van der Waals surface area contributed by atoms with Gasteiger partial charge in [0, 0.05) is 30.1 Å². The zero-order valence-electron chi connectivity index (χ0n) is 25.8. The van der Waals surface area contributed by atoms with Crippen LogP contribution in [0.25, 0.3) is 0 Å². The number of allylic oxidation sites excluding steroid dienone is 2. The Morgan fingerprint density at radius 2 is 1.63 bits per heavy atom. The number of hydrogen-bond donors (Lipinski definition) is 3. The number of ether oxygens (including phenoxy) is 1. The fourth-order valence-electron chi connectivity index (χ4n) is 9.40. The van der Waals surface area contributed by atoms with E-state index in [-0.39, 0.29) is 41.7 Å². The number of aliphatic hydroxyl groups excluding tert-OH is 2. The van der Waals surface area contributed by atoms with Crippen LogP contribution in [-0.4, -0.2) is 67.5 Å². The van der Waals surface area contributed by atoms with Crippen LogP contribution in [0, 0.1) is 39.4 Å². The second-order valence-electron chi connectivity index (χ2n) is 14.8. The molecular formula is C32H48O9. The molecule has 0 aromatic heterocycles. The first kappa shape index (κ1) is 33.3. The Hall–Kier alpha value is -2.20. The molecule has 0 amide bonds. The molecule has 0 heterocycles. The first-order valence-electron chi connectivity index (χ1n) is 14.4. The normalized spacial score (nSPS) is 41.4. The molecule has 0 saturated heterocycles. The maximum atomic E-state index is 14.3. The van der Waals surface area contributed by atoms with Crippen molar-refractivity contribution in [1.82, 2.24) is 0 Å². The maximum Gasteiger partial charge on any atom is 0.303 e. The lowest BCUT2D eigenvalue weighted by atomic mass is 9.38. The van der Waals surface area contributed by atoms with Crippen LogP contribution in [-0.2, 0) is 23.9 Å². The lowest BCUT2D eigenvalue weighted by molar-refractivity contribution is -0.183. The van der Waals surface area contributed by atoms with Crippen LogP contribution in [0.2, 0.25) is 0 Å². The van der Waals surface area contributed by atoms with Gasteiger partial charge in [0.15, 0.2) is 11.6 Å². The molecule has 4 rings (SSSR count). The second kappa shape index (κ2) is 9.93. The Morgan fingerprint density at radius 1 is 1.05 bits per heavy atom. The summed E-state index contributed by atoms with van der Waals surface area (Å²) < 4.78 is 5.23. The molecule has 0 aromatic rings. The summed E-state index contributed by atoms with van der Waals surface area (Å²) in [6.07, 6.45) is 3.55. The molecule has 0 unspecified atom stereocenters. The van der Waals surface area contributed by atoms with Crippen LogP contribution in [0.1, 0.15) is 88.0 Å². The minimum Gasteiger partial charge on any atom is -0.456 e. The van der Waals surface area contributed by atoms with Crippen LogP contribution in [0.4, 0.5) is 0 Å². The van der Waals surface area contributed by atoms with Crippen molar-refractivity contribution in [2.75, 3.05) is 0 Å². The molecule has 0 aliphatic heterocycles. The largest absolute Gasteiger partial charge is 0.456 e. The van der Waals surface area contributed by atoms with Crippen LogP contribution < -0.4 is 0 Å². The van der Waals surface area contributed by atoms with Crippen molar-refractivity contribution in [3.05, 3.63) is 23.8 Å². The molecule has 5 N–H and O–H groups in total. The fraction of sp³-hybridized carbons (Fsp3) is 0.750. The lowest BCUT2D eigenvalue weighted by Gasteiger charge is -2.64. The Morgan fingerprint density at radius 3 is 2.20 bits per heavy atom. The summed E-state index contributed by atoms with van der Waals surface area (Å²) in [4.78, 5) is 52.1. The third-order valence-electron chi connectivity index (χ3n) is 11.5. The van der Waals surface area contributed by atoms with Gasteiger partial charge in [0.05, 0.1) is 6.10 Å². The molecule has 4 aliphatic rings. The Kier molecular flexibility index (Phi) is 8.07. The van der Waals surface area contributed by atoms with Gasteiger partial charge in [-0.2, -0.15) is 0 Å². The minimum absolute atomic E-state index is 0. The van der Waals surface area contributed by atoms with Gasteiger partial charge in [0.25, 0.3) is 0 Å². The predicted molar refractivity (Wildman–Crippen MR) is 151 cm³/mol. The van der Waals surface area contributed by atoms with E-state index in [1.807, 2.05) is 27.7 Å². The van der Waals surface area contributed by atoms with E-state index in [4.69, 9.17) is 4.74 Å². The molecule has 9 heteroatoms. The van der Waals surface area contributed by atoms with Crippen LogP contribution in [0.5, 0.6) is 0 Å². The Bertz CT molecular complexity index is 1210. The van der Waals surface area contributed by atoms with Gasteiger partial charge in [0.2, 0.25) is 0 Å². The number of fused-ring (bicyclic) bond motifs is 5. The molecular weight excluding hydrogens is 528 g/mol. The number of Topliss-reactive ketones (excluding diaryl/α,β-unsaturated/α-hetero) is 2. The highest BCUT2D eigenvalue weighted by Gasteiger charge is 2.74. The molecule has 0 spiro atoms. The number of carbonyl (C=O) groups excluding carboxylic acids is 4. The van der Waals surface area contributed by atoms with Crippen LogP contribution in [0.3, 0.4) is 0 Å². The highest BCUT2D eigenvalue weighted by Crippen LogP contribution is 2.74. The van der Waals surface area contributed by atoms with E-state index in [2.05, 4.69) is 13.0 Å². The van der Waals surface area contributed by atoms with Crippen molar-refractivity contribution in [3.8, 4) is 0 Å². The maximum absolute atomic E-state index is 14.3. The van der Waals surface area contributed by atoms with Crippen molar-refractivity contribution < 1.29 is 44.7 Å². The first-order chi connectivity index (χ1) is 18.1. The molecule has 3 fully saturated rings. The van der Waals surface area contributed by atoms with Crippen molar-refractivity contribution in [1.29, 1.82) is 0 Å². The van der Waals surface area contributed by atoms with Gasteiger partial charge < -0.3 is 25.5 Å². The smallest absolute Gasteiger partial charge is 0.303 e. The van der Waals surface area contributed by atoms with E-state index in [0.29, 0.717) is 12.8 Å². The molecule has 3 saturated carbocycles. The minimum atomic E-state index is -1.99. The van der Waals surface area contributed by atoms with E-state index in [1.165, 1.54) is 26.0 Å². The fourth-order valence-corrected chi connectivity index (χ4v) is 9.40. The van der Waals surface area contributed by atoms with Gasteiger partial charge >= 0.3 is 5.97 Å². The monoisotopic (exact) mass is 576 g/mol. The molecule has 0 aromatic carbocycles. The molecule has 0 bridgehead atoms. The van der Waals surface area contributed by atoms with Crippen molar-refractivity contribution in [3.63, 3.8) is 0 Å². The number of aliphatic hydroxyl groups is 3. The summed E-state index contributed by atoms with van der Waals surface area (Å²) in [7, 11) is 0. The topological polar surface area (TPSA) is 170 Å². The Labute approximate surface area is 242 Å². The SMILES string of the molecule is CC(=O)OC(C)(C)/C=C/C(=O)[C@](C)(O)[C@H]1[C@H](O)C[C@@]2(C)[C@@H]3CC=C4[C@@H](C[C@H](O)C(=O)C4(C)C)[C@]3(C)C(=O)C[C@]12C.O. The van der Waals surface area contributed by atoms with E-state index in [0.717, 1.165) is 5.57 Å². The van der Waals surface area contributed by atoms with Gasteiger partial charge in [-0.3, -0.25) is 19.2 Å².